The van der Waals surface area contributed by atoms with Gasteiger partial charge in [0.1, 0.15) is 4.60 Å². The van der Waals surface area contributed by atoms with E-state index in [1.54, 1.807) is 18.3 Å². The van der Waals surface area contributed by atoms with E-state index in [4.69, 9.17) is 0 Å². The molecule has 1 aromatic rings. The van der Waals surface area contributed by atoms with E-state index in [0.29, 0.717) is 16.2 Å². The van der Waals surface area contributed by atoms with Gasteiger partial charge in [-0.3, -0.25) is 4.79 Å². The molecule has 18 heavy (non-hydrogen) atoms. The number of nitrogens with zero attached hydrogens (tertiary/aromatic N) is 1. The van der Waals surface area contributed by atoms with Gasteiger partial charge in [0.25, 0.3) is 5.91 Å². The lowest BCUT2D eigenvalue weighted by atomic mass is 10.0. The maximum absolute atomic E-state index is 12.1. The molecule has 1 aliphatic carbocycles. The predicted molar refractivity (Wildman–Crippen MR) is 75.4 cm³/mol. The molecule has 2 unspecified atom stereocenters. The molecular formula is C14H19BrN2O. The van der Waals surface area contributed by atoms with Crippen LogP contribution >= 0.6 is 15.9 Å². The van der Waals surface area contributed by atoms with Crippen molar-refractivity contribution in [1.82, 2.24) is 10.3 Å². The van der Waals surface area contributed by atoms with Crippen LogP contribution in [0.4, 0.5) is 0 Å². The number of rotatable bonds is 2. The second-order valence-corrected chi connectivity index (χ2v) is 5.96. The van der Waals surface area contributed by atoms with Crippen molar-refractivity contribution in [1.29, 1.82) is 0 Å². The van der Waals surface area contributed by atoms with Crippen LogP contribution in [0.5, 0.6) is 0 Å². The molecule has 0 bridgehead atoms. The predicted octanol–water partition coefficient (Wildman–Crippen LogP) is 3.54. The quantitative estimate of drug-likeness (QED) is 0.670. The van der Waals surface area contributed by atoms with Crippen molar-refractivity contribution in [3.05, 3.63) is 28.5 Å². The largest absolute Gasteiger partial charge is 0.349 e. The van der Waals surface area contributed by atoms with Gasteiger partial charge in [-0.25, -0.2) is 4.98 Å². The third-order valence-electron chi connectivity index (χ3n) is 3.58. The maximum Gasteiger partial charge on any atom is 0.251 e. The molecule has 0 aliphatic heterocycles. The number of carbonyl (C=O) groups excluding carboxylic acids is 1. The average Bonchev–Trinajstić information content (AvgIpc) is 2.54. The fraction of sp³-hybridized carbons (Fsp3) is 0.571. The monoisotopic (exact) mass is 310 g/mol. The summed E-state index contributed by atoms with van der Waals surface area (Å²) in [7, 11) is 0. The average molecular weight is 311 g/mol. The molecule has 1 N–H and O–H groups in total. The molecule has 4 heteroatoms. The van der Waals surface area contributed by atoms with E-state index in [1.165, 1.54) is 19.3 Å². The van der Waals surface area contributed by atoms with Crippen LogP contribution in [0.15, 0.2) is 22.9 Å². The molecule has 1 heterocycles. The smallest absolute Gasteiger partial charge is 0.251 e. The molecule has 1 aliphatic rings. The highest BCUT2D eigenvalue weighted by Gasteiger charge is 2.18. The molecule has 1 aromatic heterocycles. The lowest BCUT2D eigenvalue weighted by Crippen LogP contribution is -2.34. The molecule has 0 spiro atoms. The highest BCUT2D eigenvalue weighted by Crippen LogP contribution is 2.22. The van der Waals surface area contributed by atoms with Gasteiger partial charge in [0.05, 0.1) is 0 Å². The van der Waals surface area contributed by atoms with E-state index < -0.39 is 0 Å². The first-order valence-corrected chi connectivity index (χ1v) is 7.37. The molecule has 0 saturated heterocycles. The van der Waals surface area contributed by atoms with Crippen LogP contribution < -0.4 is 5.32 Å². The highest BCUT2D eigenvalue weighted by atomic mass is 79.9. The number of halogens is 1. The van der Waals surface area contributed by atoms with Crippen LogP contribution in [0.3, 0.4) is 0 Å². The minimum Gasteiger partial charge on any atom is -0.349 e. The van der Waals surface area contributed by atoms with Gasteiger partial charge in [-0.1, -0.05) is 19.8 Å². The number of carbonyl (C=O) groups is 1. The van der Waals surface area contributed by atoms with E-state index >= 15 is 0 Å². The Hall–Kier alpha value is -0.900. The summed E-state index contributed by atoms with van der Waals surface area (Å²) in [5, 5.41) is 3.14. The third-order valence-corrected chi connectivity index (χ3v) is 4.02. The molecule has 2 rings (SSSR count). The zero-order valence-electron chi connectivity index (χ0n) is 10.7. The van der Waals surface area contributed by atoms with E-state index in [9.17, 15) is 4.79 Å². The van der Waals surface area contributed by atoms with Crippen LogP contribution in [-0.2, 0) is 0 Å². The zero-order chi connectivity index (χ0) is 13.0. The van der Waals surface area contributed by atoms with Crippen LogP contribution in [0.25, 0.3) is 0 Å². The first kappa shape index (κ1) is 13.5. The van der Waals surface area contributed by atoms with E-state index in [-0.39, 0.29) is 5.91 Å². The Kier molecular flexibility index (Phi) is 4.75. The summed E-state index contributed by atoms with van der Waals surface area (Å²) < 4.78 is 0.699. The normalized spacial score (nSPS) is 24.3. The van der Waals surface area contributed by atoms with Crippen LogP contribution in [0.2, 0.25) is 0 Å². The van der Waals surface area contributed by atoms with Gasteiger partial charge >= 0.3 is 0 Å². The number of hydrogen-bond donors (Lipinski definition) is 1. The maximum atomic E-state index is 12.1. The molecule has 1 amide bonds. The number of hydrogen-bond acceptors (Lipinski definition) is 2. The Morgan fingerprint density at radius 3 is 3.00 bits per heavy atom. The fourth-order valence-electron chi connectivity index (χ4n) is 2.44. The van der Waals surface area contributed by atoms with Crippen LogP contribution in [0, 0.1) is 5.92 Å². The Morgan fingerprint density at radius 2 is 2.22 bits per heavy atom. The Bertz CT molecular complexity index is 422. The van der Waals surface area contributed by atoms with Crippen molar-refractivity contribution in [3.8, 4) is 0 Å². The van der Waals surface area contributed by atoms with Gasteiger partial charge in [-0.05, 0) is 53.2 Å². The van der Waals surface area contributed by atoms with Crippen molar-refractivity contribution >= 4 is 21.8 Å². The first-order valence-electron chi connectivity index (χ1n) is 6.57. The van der Waals surface area contributed by atoms with Gasteiger partial charge in [-0.2, -0.15) is 0 Å². The van der Waals surface area contributed by atoms with E-state index in [2.05, 4.69) is 33.2 Å². The molecular weight excluding hydrogens is 292 g/mol. The lowest BCUT2D eigenvalue weighted by Gasteiger charge is -2.16. The van der Waals surface area contributed by atoms with Gasteiger partial charge in [0.15, 0.2) is 0 Å². The van der Waals surface area contributed by atoms with E-state index in [1.807, 2.05) is 0 Å². The van der Waals surface area contributed by atoms with Crippen molar-refractivity contribution in [2.24, 2.45) is 5.92 Å². The fourth-order valence-corrected chi connectivity index (χ4v) is 2.81. The second kappa shape index (κ2) is 6.32. The van der Waals surface area contributed by atoms with Crippen LogP contribution in [0.1, 0.15) is 49.4 Å². The Morgan fingerprint density at radius 1 is 1.39 bits per heavy atom. The second-order valence-electron chi connectivity index (χ2n) is 5.15. The van der Waals surface area contributed by atoms with Crippen molar-refractivity contribution in [2.45, 2.75) is 45.1 Å². The summed E-state index contributed by atoms with van der Waals surface area (Å²) in [5.41, 5.74) is 0.675. The Balaban J connectivity index is 1.94. The van der Waals surface area contributed by atoms with Gasteiger partial charge in [0.2, 0.25) is 0 Å². The van der Waals surface area contributed by atoms with Crippen molar-refractivity contribution in [3.63, 3.8) is 0 Å². The molecule has 98 valence electrons. The minimum atomic E-state index is 0.0117. The molecule has 1 saturated carbocycles. The summed E-state index contributed by atoms with van der Waals surface area (Å²) in [6.45, 7) is 2.30. The number of amides is 1. The van der Waals surface area contributed by atoms with Crippen molar-refractivity contribution in [2.75, 3.05) is 0 Å². The highest BCUT2D eigenvalue weighted by molar-refractivity contribution is 9.10. The summed E-state index contributed by atoms with van der Waals surface area (Å²) in [6.07, 6.45) is 7.56. The molecule has 2 atom stereocenters. The minimum absolute atomic E-state index is 0.0117. The first-order chi connectivity index (χ1) is 8.65. The summed E-state index contributed by atoms with van der Waals surface area (Å²) >= 11 is 3.28. The van der Waals surface area contributed by atoms with Crippen molar-refractivity contribution < 1.29 is 4.79 Å². The van der Waals surface area contributed by atoms with Gasteiger partial charge < -0.3 is 5.32 Å². The molecule has 0 aromatic carbocycles. The van der Waals surface area contributed by atoms with E-state index in [0.717, 1.165) is 18.8 Å². The molecule has 1 fully saturated rings. The zero-order valence-corrected chi connectivity index (χ0v) is 12.2. The topological polar surface area (TPSA) is 42.0 Å². The molecule has 0 radical (unpaired) electrons. The Labute approximate surface area is 117 Å². The number of aromatic nitrogens is 1. The standard InChI is InChI=1S/C14H19BrN2O/c1-10-3-2-4-12(6-5-10)17-14(18)11-7-8-16-13(15)9-11/h7-10,12H,2-6H2,1H3,(H,17,18). The SMILES string of the molecule is CC1CCCC(NC(=O)c2ccnc(Br)c2)CC1. The van der Waals surface area contributed by atoms with Gasteiger partial charge in [0, 0.05) is 17.8 Å². The number of pyridine rings is 1. The summed E-state index contributed by atoms with van der Waals surface area (Å²) in [6, 6.07) is 3.84. The summed E-state index contributed by atoms with van der Waals surface area (Å²) in [4.78, 5) is 16.1. The lowest BCUT2D eigenvalue weighted by molar-refractivity contribution is 0.0933. The number of nitrogens with one attached hydrogen (secondary N) is 1. The van der Waals surface area contributed by atoms with Crippen LogP contribution in [-0.4, -0.2) is 16.9 Å². The molecule has 3 nitrogen and oxygen atoms in total. The summed E-state index contributed by atoms with van der Waals surface area (Å²) in [5.74, 6) is 0.805. The third kappa shape index (κ3) is 3.80. The van der Waals surface area contributed by atoms with Gasteiger partial charge in [-0.15, -0.1) is 0 Å².